The van der Waals surface area contributed by atoms with Gasteiger partial charge in [-0.05, 0) is 26.0 Å². The lowest BCUT2D eigenvalue weighted by molar-refractivity contribution is -0.132. The Kier molecular flexibility index (Phi) is 3.22. The fraction of sp³-hybridized carbons (Fsp3) is 0.444. The molecular formula is C9H11F2NO2. The highest BCUT2D eigenvalue weighted by Gasteiger charge is 2.19. The van der Waals surface area contributed by atoms with Crippen molar-refractivity contribution in [2.45, 2.75) is 26.3 Å². The number of halogens is 2. The maximum Gasteiger partial charge on any atom is 0.315 e. The van der Waals surface area contributed by atoms with Crippen LogP contribution >= 0.6 is 0 Å². The van der Waals surface area contributed by atoms with E-state index in [1.165, 1.54) is 0 Å². The lowest BCUT2D eigenvalue weighted by Gasteiger charge is -2.10. The number of nitrogens with one attached hydrogen (secondary N) is 1. The summed E-state index contributed by atoms with van der Waals surface area (Å²) in [7, 11) is 0. The summed E-state index contributed by atoms with van der Waals surface area (Å²) in [5, 5.41) is 2.13. The monoisotopic (exact) mass is 203 g/mol. The fourth-order valence-electron chi connectivity index (χ4n) is 1.03. The van der Waals surface area contributed by atoms with Gasteiger partial charge < -0.3 is 9.73 Å². The molecule has 0 spiro atoms. The lowest BCUT2D eigenvalue weighted by Crippen LogP contribution is -2.31. The first-order chi connectivity index (χ1) is 6.50. The first-order valence-corrected chi connectivity index (χ1v) is 4.15. The zero-order chi connectivity index (χ0) is 10.7. The summed E-state index contributed by atoms with van der Waals surface area (Å²) in [6, 6.07) is 2.82. The molecule has 0 radical (unpaired) electrons. The molecule has 78 valence electrons. The van der Waals surface area contributed by atoms with Crippen LogP contribution in [-0.4, -0.2) is 12.3 Å². The molecule has 1 heterocycles. The Morgan fingerprint density at radius 2 is 2.14 bits per heavy atom. The number of furan rings is 1. The second-order valence-electron chi connectivity index (χ2n) is 2.98. The third-order valence-corrected chi connectivity index (χ3v) is 1.74. The van der Waals surface area contributed by atoms with Crippen LogP contribution < -0.4 is 5.32 Å². The minimum Gasteiger partial charge on any atom is -0.464 e. The summed E-state index contributed by atoms with van der Waals surface area (Å²) in [5.74, 6) is -0.138. The zero-order valence-corrected chi connectivity index (χ0v) is 7.88. The average molecular weight is 203 g/mol. The summed E-state index contributed by atoms with van der Waals surface area (Å²) in [5.41, 5.74) is 0. The normalized spacial score (nSPS) is 12.9. The van der Waals surface area contributed by atoms with E-state index >= 15 is 0 Å². The molecular weight excluding hydrogens is 192 g/mol. The Balaban J connectivity index is 2.59. The van der Waals surface area contributed by atoms with Gasteiger partial charge in [-0.1, -0.05) is 0 Å². The first kappa shape index (κ1) is 10.7. The number of carbonyl (C=O) groups is 1. The van der Waals surface area contributed by atoms with Crippen molar-refractivity contribution in [2.75, 3.05) is 0 Å². The number of amides is 1. The number of hydrogen-bond donors (Lipinski definition) is 1. The average Bonchev–Trinajstić information content (AvgIpc) is 2.51. The Morgan fingerprint density at radius 1 is 1.50 bits per heavy atom. The lowest BCUT2D eigenvalue weighted by atomic mass is 10.2. The number of carbonyl (C=O) groups excluding carboxylic acids is 1. The number of alkyl halides is 2. The molecule has 1 amide bonds. The molecule has 0 aliphatic rings. The van der Waals surface area contributed by atoms with Crippen LogP contribution in [0.2, 0.25) is 0 Å². The molecule has 5 heteroatoms. The van der Waals surface area contributed by atoms with Crippen LogP contribution in [0.15, 0.2) is 16.5 Å². The predicted molar refractivity (Wildman–Crippen MR) is 46.0 cm³/mol. The second-order valence-corrected chi connectivity index (χ2v) is 2.98. The summed E-state index contributed by atoms with van der Waals surface area (Å²) in [6.07, 6.45) is -2.99. The van der Waals surface area contributed by atoms with Crippen LogP contribution in [0, 0.1) is 6.92 Å². The van der Waals surface area contributed by atoms with Gasteiger partial charge >= 0.3 is 6.43 Å². The van der Waals surface area contributed by atoms with E-state index in [4.69, 9.17) is 4.42 Å². The second kappa shape index (κ2) is 4.21. The van der Waals surface area contributed by atoms with Crippen LogP contribution in [0.4, 0.5) is 8.78 Å². The predicted octanol–water partition coefficient (Wildman–Crippen LogP) is 2.03. The largest absolute Gasteiger partial charge is 0.464 e. The third-order valence-electron chi connectivity index (χ3n) is 1.74. The molecule has 0 aliphatic heterocycles. The zero-order valence-electron chi connectivity index (χ0n) is 7.88. The number of rotatable bonds is 3. The fourth-order valence-corrected chi connectivity index (χ4v) is 1.03. The Bertz CT molecular complexity index is 322. The van der Waals surface area contributed by atoms with Gasteiger partial charge in [0.1, 0.15) is 11.5 Å². The minimum atomic E-state index is -2.99. The molecule has 1 atom stereocenters. The van der Waals surface area contributed by atoms with Crippen LogP contribution in [-0.2, 0) is 4.79 Å². The maximum absolute atomic E-state index is 11.9. The van der Waals surface area contributed by atoms with Crippen molar-refractivity contribution in [2.24, 2.45) is 0 Å². The topological polar surface area (TPSA) is 42.2 Å². The molecule has 1 rings (SSSR count). The molecule has 0 bridgehead atoms. The van der Waals surface area contributed by atoms with Crippen LogP contribution in [0.5, 0.6) is 0 Å². The first-order valence-electron chi connectivity index (χ1n) is 4.15. The Morgan fingerprint density at radius 3 is 2.57 bits per heavy atom. The van der Waals surface area contributed by atoms with E-state index in [-0.39, 0.29) is 0 Å². The van der Waals surface area contributed by atoms with Gasteiger partial charge in [0.25, 0.3) is 5.91 Å². The molecule has 1 aromatic rings. The van der Waals surface area contributed by atoms with E-state index in [2.05, 4.69) is 5.32 Å². The number of hydrogen-bond acceptors (Lipinski definition) is 2. The van der Waals surface area contributed by atoms with Crippen molar-refractivity contribution >= 4 is 5.91 Å². The van der Waals surface area contributed by atoms with Gasteiger partial charge in [0.15, 0.2) is 0 Å². The van der Waals surface area contributed by atoms with Crippen molar-refractivity contribution in [1.29, 1.82) is 0 Å². The SMILES string of the molecule is Cc1ccc(C(C)NC(=O)C(F)F)o1. The summed E-state index contributed by atoms with van der Waals surface area (Å²) >= 11 is 0. The van der Waals surface area contributed by atoms with Crippen molar-refractivity contribution in [3.05, 3.63) is 23.7 Å². The summed E-state index contributed by atoms with van der Waals surface area (Å²) in [6.45, 7) is 3.32. The van der Waals surface area contributed by atoms with Crippen molar-refractivity contribution in [3.63, 3.8) is 0 Å². The smallest absolute Gasteiger partial charge is 0.315 e. The molecule has 0 saturated carbocycles. The molecule has 0 aliphatic carbocycles. The van der Waals surface area contributed by atoms with Gasteiger partial charge in [-0.2, -0.15) is 8.78 Å². The summed E-state index contributed by atoms with van der Waals surface area (Å²) in [4.78, 5) is 10.6. The van der Waals surface area contributed by atoms with Crippen LogP contribution in [0.25, 0.3) is 0 Å². The molecule has 1 N–H and O–H groups in total. The van der Waals surface area contributed by atoms with Gasteiger partial charge in [-0.15, -0.1) is 0 Å². The van der Waals surface area contributed by atoms with Gasteiger partial charge in [-0.3, -0.25) is 4.79 Å². The molecule has 1 unspecified atom stereocenters. The maximum atomic E-state index is 11.9. The van der Waals surface area contributed by atoms with Gasteiger partial charge in [-0.25, -0.2) is 0 Å². The highest BCUT2D eigenvalue weighted by Crippen LogP contribution is 2.15. The van der Waals surface area contributed by atoms with E-state index in [0.717, 1.165) is 0 Å². The van der Waals surface area contributed by atoms with E-state index in [1.807, 2.05) is 0 Å². The molecule has 0 aromatic carbocycles. The standard InChI is InChI=1S/C9H11F2NO2/c1-5-3-4-7(14-5)6(2)12-9(13)8(10)11/h3-4,6,8H,1-2H3,(H,12,13). The molecule has 0 saturated heterocycles. The van der Waals surface area contributed by atoms with E-state index < -0.39 is 18.4 Å². The molecule has 0 fully saturated rings. The Hall–Kier alpha value is -1.39. The van der Waals surface area contributed by atoms with Crippen molar-refractivity contribution < 1.29 is 18.0 Å². The van der Waals surface area contributed by atoms with Crippen LogP contribution in [0.3, 0.4) is 0 Å². The molecule has 14 heavy (non-hydrogen) atoms. The highest BCUT2D eigenvalue weighted by atomic mass is 19.3. The highest BCUT2D eigenvalue weighted by molar-refractivity contribution is 5.79. The quantitative estimate of drug-likeness (QED) is 0.816. The van der Waals surface area contributed by atoms with E-state index in [9.17, 15) is 13.6 Å². The van der Waals surface area contributed by atoms with Gasteiger partial charge in [0.05, 0.1) is 6.04 Å². The van der Waals surface area contributed by atoms with Gasteiger partial charge in [0, 0.05) is 0 Å². The Labute approximate surface area is 80.1 Å². The van der Waals surface area contributed by atoms with Crippen molar-refractivity contribution in [3.8, 4) is 0 Å². The van der Waals surface area contributed by atoms with Crippen LogP contribution in [0.1, 0.15) is 24.5 Å². The van der Waals surface area contributed by atoms with E-state index in [1.54, 1.807) is 26.0 Å². The summed E-state index contributed by atoms with van der Waals surface area (Å²) < 4.78 is 28.9. The van der Waals surface area contributed by atoms with Crippen molar-refractivity contribution in [1.82, 2.24) is 5.32 Å². The van der Waals surface area contributed by atoms with Gasteiger partial charge in [0.2, 0.25) is 0 Å². The third kappa shape index (κ3) is 2.55. The number of aryl methyl sites for hydroxylation is 1. The minimum absolute atomic E-state index is 0.469. The molecule has 1 aromatic heterocycles. The molecule has 3 nitrogen and oxygen atoms in total. The van der Waals surface area contributed by atoms with E-state index in [0.29, 0.717) is 11.5 Å².